The molecular weight excluding hydrogens is 206 g/mol. The summed E-state index contributed by atoms with van der Waals surface area (Å²) in [5.41, 5.74) is 0. The third-order valence-corrected chi connectivity index (χ3v) is 5.48. The largest absolute Gasteiger partial charge is 0.379 e. The first-order chi connectivity index (χ1) is 7.20. The van der Waals surface area contributed by atoms with E-state index in [1.54, 1.807) is 0 Å². The summed E-state index contributed by atoms with van der Waals surface area (Å²) in [5, 5.41) is 5.06. The van der Waals surface area contributed by atoms with Crippen LogP contribution < -0.4 is 5.32 Å². The van der Waals surface area contributed by atoms with Crippen molar-refractivity contribution < 1.29 is 4.74 Å². The molecule has 4 atom stereocenters. The van der Waals surface area contributed by atoms with Crippen LogP contribution in [-0.4, -0.2) is 36.8 Å². The highest BCUT2D eigenvalue weighted by molar-refractivity contribution is 8.00. The molecule has 0 amide bonds. The first-order valence-electron chi connectivity index (χ1n) is 6.11. The molecule has 0 aromatic heterocycles. The van der Waals surface area contributed by atoms with Gasteiger partial charge in [0.05, 0.1) is 18.5 Å². The Labute approximate surface area is 97.5 Å². The molecule has 2 rings (SSSR count). The summed E-state index contributed by atoms with van der Waals surface area (Å²) < 4.78 is 5.26. The fourth-order valence-electron chi connectivity index (χ4n) is 2.86. The molecule has 0 radical (unpaired) electrons. The van der Waals surface area contributed by atoms with E-state index in [0.29, 0.717) is 6.04 Å². The molecular formula is C12H23NOS. The average Bonchev–Trinajstić information content (AvgIpc) is 2.12. The van der Waals surface area contributed by atoms with Gasteiger partial charge < -0.3 is 10.1 Å². The van der Waals surface area contributed by atoms with Crippen molar-refractivity contribution in [3.8, 4) is 0 Å². The zero-order chi connectivity index (χ0) is 10.8. The summed E-state index contributed by atoms with van der Waals surface area (Å²) in [6.07, 6.45) is 2.73. The standard InChI is InChI=1S/C12H23NOS/c1-8-4-9(2)12(11(5-8)13-3)15-10-6-14-7-10/h8-13H,4-7H2,1-3H3. The molecule has 1 N–H and O–H groups in total. The third kappa shape index (κ3) is 2.69. The van der Waals surface area contributed by atoms with Gasteiger partial charge in [-0.05, 0) is 31.7 Å². The van der Waals surface area contributed by atoms with Crippen LogP contribution in [0, 0.1) is 11.8 Å². The highest BCUT2D eigenvalue weighted by atomic mass is 32.2. The average molecular weight is 229 g/mol. The maximum absolute atomic E-state index is 5.26. The van der Waals surface area contributed by atoms with Gasteiger partial charge in [0.1, 0.15) is 0 Å². The lowest BCUT2D eigenvalue weighted by Crippen LogP contribution is -2.47. The molecule has 3 heteroatoms. The first kappa shape index (κ1) is 11.7. The van der Waals surface area contributed by atoms with E-state index >= 15 is 0 Å². The molecule has 4 unspecified atom stereocenters. The molecule has 88 valence electrons. The van der Waals surface area contributed by atoms with Crippen molar-refractivity contribution in [2.75, 3.05) is 20.3 Å². The Morgan fingerprint density at radius 2 is 1.93 bits per heavy atom. The number of thioether (sulfide) groups is 1. The quantitative estimate of drug-likeness (QED) is 0.801. The van der Waals surface area contributed by atoms with Crippen molar-refractivity contribution in [3.63, 3.8) is 0 Å². The number of rotatable bonds is 3. The van der Waals surface area contributed by atoms with Gasteiger partial charge in [0, 0.05) is 11.3 Å². The van der Waals surface area contributed by atoms with Gasteiger partial charge in [-0.2, -0.15) is 0 Å². The normalized spacial score (nSPS) is 42.6. The Kier molecular flexibility index (Phi) is 3.97. The monoisotopic (exact) mass is 229 g/mol. The number of ether oxygens (including phenoxy) is 1. The lowest BCUT2D eigenvalue weighted by molar-refractivity contribution is 0.0448. The van der Waals surface area contributed by atoms with Gasteiger partial charge >= 0.3 is 0 Å². The van der Waals surface area contributed by atoms with E-state index < -0.39 is 0 Å². The van der Waals surface area contributed by atoms with E-state index in [1.807, 2.05) is 0 Å². The van der Waals surface area contributed by atoms with Crippen LogP contribution in [0.1, 0.15) is 26.7 Å². The van der Waals surface area contributed by atoms with Gasteiger partial charge in [-0.15, -0.1) is 11.8 Å². The second kappa shape index (κ2) is 5.07. The summed E-state index contributed by atoms with van der Waals surface area (Å²) in [4.78, 5) is 0. The molecule has 2 aliphatic rings. The lowest BCUT2D eigenvalue weighted by atomic mass is 9.80. The van der Waals surface area contributed by atoms with Crippen molar-refractivity contribution >= 4 is 11.8 Å². The summed E-state index contributed by atoms with van der Waals surface area (Å²) in [7, 11) is 2.11. The first-order valence-corrected chi connectivity index (χ1v) is 7.05. The molecule has 0 bridgehead atoms. The van der Waals surface area contributed by atoms with E-state index in [4.69, 9.17) is 4.74 Å². The smallest absolute Gasteiger partial charge is 0.0608 e. The zero-order valence-electron chi connectivity index (χ0n) is 10.0. The number of hydrogen-bond acceptors (Lipinski definition) is 3. The Morgan fingerprint density at radius 1 is 1.20 bits per heavy atom. The molecule has 0 aromatic carbocycles. The molecule has 1 aliphatic heterocycles. The molecule has 1 heterocycles. The summed E-state index contributed by atoms with van der Waals surface area (Å²) >= 11 is 2.16. The Balaban J connectivity index is 1.92. The predicted molar refractivity (Wildman–Crippen MR) is 66.4 cm³/mol. The highest BCUT2D eigenvalue weighted by Gasteiger charge is 2.36. The van der Waals surface area contributed by atoms with Gasteiger partial charge in [0.25, 0.3) is 0 Å². The Morgan fingerprint density at radius 3 is 2.47 bits per heavy atom. The van der Waals surface area contributed by atoms with Crippen LogP contribution in [0.2, 0.25) is 0 Å². The van der Waals surface area contributed by atoms with E-state index in [1.165, 1.54) is 12.8 Å². The van der Waals surface area contributed by atoms with Crippen LogP contribution in [0.5, 0.6) is 0 Å². The molecule has 1 saturated heterocycles. The molecule has 0 aromatic rings. The predicted octanol–water partition coefficient (Wildman–Crippen LogP) is 2.14. The molecule has 0 spiro atoms. The van der Waals surface area contributed by atoms with Crippen molar-refractivity contribution in [2.24, 2.45) is 11.8 Å². The number of nitrogens with one attached hydrogen (secondary N) is 1. The molecule has 2 fully saturated rings. The van der Waals surface area contributed by atoms with Crippen molar-refractivity contribution in [1.29, 1.82) is 0 Å². The van der Waals surface area contributed by atoms with Gasteiger partial charge in [-0.1, -0.05) is 13.8 Å². The van der Waals surface area contributed by atoms with Crippen LogP contribution >= 0.6 is 11.8 Å². The molecule has 1 saturated carbocycles. The van der Waals surface area contributed by atoms with Gasteiger partial charge in [-0.3, -0.25) is 0 Å². The Hall–Kier alpha value is 0.270. The summed E-state index contributed by atoms with van der Waals surface area (Å²) in [6, 6.07) is 0.703. The minimum absolute atomic E-state index is 0.703. The van der Waals surface area contributed by atoms with Crippen molar-refractivity contribution in [1.82, 2.24) is 5.32 Å². The van der Waals surface area contributed by atoms with Crippen LogP contribution in [0.15, 0.2) is 0 Å². The molecule has 15 heavy (non-hydrogen) atoms. The van der Waals surface area contributed by atoms with Gasteiger partial charge in [0.2, 0.25) is 0 Å². The van der Waals surface area contributed by atoms with E-state index in [-0.39, 0.29) is 0 Å². The fraction of sp³-hybridized carbons (Fsp3) is 1.00. The topological polar surface area (TPSA) is 21.3 Å². The van der Waals surface area contributed by atoms with Crippen molar-refractivity contribution in [3.05, 3.63) is 0 Å². The van der Waals surface area contributed by atoms with Crippen LogP contribution in [0.25, 0.3) is 0 Å². The minimum atomic E-state index is 0.703. The SMILES string of the molecule is CNC1CC(C)CC(C)C1SC1COC1. The fourth-order valence-corrected chi connectivity index (χ4v) is 4.47. The maximum Gasteiger partial charge on any atom is 0.0608 e. The van der Waals surface area contributed by atoms with Crippen LogP contribution in [0.3, 0.4) is 0 Å². The van der Waals surface area contributed by atoms with E-state index in [2.05, 4.69) is 38.0 Å². The van der Waals surface area contributed by atoms with Gasteiger partial charge in [0.15, 0.2) is 0 Å². The summed E-state index contributed by atoms with van der Waals surface area (Å²) in [5.74, 6) is 1.73. The molecule has 1 aliphatic carbocycles. The van der Waals surface area contributed by atoms with Crippen molar-refractivity contribution in [2.45, 2.75) is 43.2 Å². The molecule has 2 nitrogen and oxygen atoms in total. The number of hydrogen-bond donors (Lipinski definition) is 1. The second-order valence-electron chi connectivity index (χ2n) is 5.21. The van der Waals surface area contributed by atoms with Crippen LogP contribution in [-0.2, 0) is 4.74 Å². The van der Waals surface area contributed by atoms with Gasteiger partial charge in [-0.25, -0.2) is 0 Å². The summed E-state index contributed by atoms with van der Waals surface area (Å²) in [6.45, 7) is 6.74. The van der Waals surface area contributed by atoms with E-state index in [9.17, 15) is 0 Å². The van der Waals surface area contributed by atoms with E-state index in [0.717, 1.165) is 35.5 Å². The maximum atomic E-state index is 5.26. The second-order valence-corrected chi connectivity index (χ2v) is 6.69. The zero-order valence-corrected chi connectivity index (χ0v) is 10.8. The highest BCUT2D eigenvalue weighted by Crippen LogP contribution is 2.39. The Bertz CT molecular complexity index is 208. The minimum Gasteiger partial charge on any atom is -0.379 e. The lowest BCUT2D eigenvalue weighted by Gasteiger charge is -2.42. The third-order valence-electron chi connectivity index (χ3n) is 3.72. The van der Waals surface area contributed by atoms with Crippen LogP contribution in [0.4, 0.5) is 0 Å².